The van der Waals surface area contributed by atoms with Crippen molar-refractivity contribution in [3.05, 3.63) is 22.2 Å². The molecule has 1 atom stereocenters. The SMILES string of the molecule is COc1cc(Br)c(C2N=C(NC(C)C)NC2=O)cc1OC. The molecule has 1 aromatic carbocycles. The second-order valence-electron chi connectivity index (χ2n) is 4.90. The number of nitrogens with zero attached hydrogens (tertiary/aromatic N) is 1. The molecule has 2 N–H and O–H groups in total. The van der Waals surface area contributed by atoms with E-state index in [-0.39, 0.29) is 11.9 Å². The number of methoxy groups -OCH3 is 2. The zero-order valence-electron chi connectivity index (χ0n) is 12.4. The predicted octanol–water partition coefficient (Wildman–Crippen LogP) is 1.99. The molecule has 114 valence electrons. The third kappa shape index (κ3) is 3.29. The van der Waals surface area contributed by atoms with Crippen molar-refractivity contribution in [2.45, 2.75) is 25.9 Å². The summed E-state index contributed by atoms with van der Waals surface area (Å²) in [6.07, 6.45) is 0. The van der Waals surface area contributed by atoms with E-state index in [0.29, 0.717) is 17.5 Å². The van der Waals surface area contributed by atoms with Gasteiger partial charge < -0.3 is 14.8 Å². The average molecular weight is 356 g/mol. The van der Waals surface area contributed by atoms with Crippen LogP contribution in [0.2, 0.25) is 0 Å². The first-order valence-corrected chi connectivity index (χ1v) is 7.32. The number of halogens is 1. The second-order valence-corrected chi connectivity index (χ2v) is 5.75. The van der Waals surface area contributed by atoms with Gasteiger partial charge in [0.25, 0.3) is 5.91 Å². The Morgan fingerprint density at radius 1 is 1.29 bits per heavy atom. The molecule has 0 saturated carbocycles. The van der Waals surface area contributed by atoms with Crippen molar-refractivity contribution >= 4 is 27.8 Å². The van der Waals surface area contributed by atoms with E-state index in [0.717, 1.165) is 10.0 Å². The smallest absolute Gasteiger partial charge is 0.256 e. The largest absolute Gasteiger partial charge is 0.493 e. The Balaban J connectivity index is 2.37. The van der Waals surface area contributed by atoms with E-state index in [1.807, 2.05) is 13.8 Å². The fraction of sp³-hybridized carbons (Fsp3) is 0.429. The van der Waals surface area contributed by atoms with Crippen LogP contribution in [0.25, 0.3) is 0 Å². The summed E-state index contributed by atoms with van der Waals surface area (Å²) in [5, 5.41) is 5.82. The van der Waals surface area contributed by atoms with Gasteiger partial charge in [0.15, 0.2) is 23.5 Å². The lowest BCUT2D eigenvalue weighted by atomic mass is 10.1. The molecule has 0 bridgehead atoms. The van der Waals surface area contributed by atoms with Gasteiger partial charge in [0.2, 0.25) is 0 Å². The minimum atomic E-state index is -0.611. The molecule has 2 rings (SSSR count). The van der Waals surface area contributed by atoms with Crippen LogP contribution < -0.4 is 20.1 Å². The minimum Gasteiger partial charge on any atom is -0.493 e. The van der Waals surface area contributed by atoms with Gasteiger partial charge in [-0.05, 0) is 26.0 Å². The topological polar surface area (TPSA) is 72.0 Å². The molecule has 1 aromatic rings. The van der Waals surface area contributed by atoms with Crippen LogP contribution in [0.5, 0.6) is 11.5 Å². The Morgan fingerprint density at radius 3 is 2.48 bits per heavy atom. The Bertz CT molecular complexity index is 587. The first kappa shape index (κ1) is 15.6. The molecule has 0 fully saturated rings. The van der Waals surface area contributed by atoms with Crippen LogP contribution in [0, 0.1) is 0 Å². The van der Waals surface area contributed by atoms with Gasteiger partial charge in [-0.1, -0.05) is 15.9 Å². The molecule has 0 aromatic heterocycles. The number of guanidine groups is 1. The standard InChI is InChI=1S/C14H18BrN3O3/c1-7(2)16-14-17-12(13(19)18-14)8-5-10(20-3)11(21-4)6-9(8)15/h5-7,12H,1-4H3,(H2,16,17,18,19). The highest BCUT2D eigenvalue weighted by Gasteiger charge is 2.30. The molecule has 1 unspecified atom stereocenters. The van der Waals surface area contributed by atoms with E-state index in [9.17, 15) is 4.79 Å². The van der Waals surface area contributed by atoms with Gasteiger partial charge in [0.1, 0.15) is 0 Å². The van der Waals surface area contributed by atoms with Gasteiger partial charge in [-0.25, -0.2) is 4.99 Å². The first-order valence-electron chi connectivity index (χ1n) is 6.53. The summed E-state index contributed by atoms with van der Waals surface area (Å²) in [5.41, 5.74) is 0.728. The number of benzene rings is 1. The van der Waals surface area contributed by atoms with Crippen LogP contribution in [0.4, 0.5) is 0 Å². The molecule has 1 amide bonds. The Morgan fingerprint density at radius 2 is 1.90 bits per heavy atom. The molecular weight excluding hydrogens is 338 g/mol. The number of aliphatic imine (C=N–C) groups is 1. The number of amides is 1. The Hall–Kier alpha value is -1.76. The summed E-state index contributed by atoms with van der Waals surface area (Å²) >= 11 is 3.45. The summed E-state index contributed by atoms with van der Waals surface area (Å²) in [4.78, 5) is 16.5. The van der Waals surface area contributed by atoms with E-state index < -0.39 is 6.04 Å². The molecule has 7 heteroatoms. The van der Waals surface area contributed by atoms with Crippen molar-refractivity contribution in [3.8, 4) is 11.5 Å². The minimum absolute atomic E-state index is 0.175. The quantitative estimate of drug-likeness (QED) is 0.866. The van der Waals surface area contributed by atoms with Gasteiger partial charge in [-0.2, -0.15) is 0 Å². The summed E-state index contributed by atoms with van der Waals surface area (Å²) in [7, 11) is 3.12. The zero-order chi connectivity index (χ0) is 15.6. The summed E-state index contributed by atoms with van der Waals surface area (Å²) in [6, 6.07) is 3.11. The van der Waals surface area contributed by atoms with Crippen molar-refractivity contribution in [2.75, 3.05) is 14.2 Å². The second kappa shape index (κ2) is 6.34. The lowest BCUT2D eigenvalue weighted by molar-refractivity contribution is -0.120. The number of hydrogen-bond donors (Lipinski definition) is 2. The van der Waals surface area contributed by atoms with E-state index in [2.05, 4.69) is 31.6 Å². The molecule has 1 aliphatic heterocycles. The normalized spacial score (nSPS) is 17.5. The molecule has 0 spiro atoms. The van der Waals surface area contributed by atoms with Gasteiger partial charge in [0, 0.05) is 16.1 Å². The van der Waals surface area contributed by atoms with E-state index in [1.165, 1.54) is 0 Å². The van der Waals surface area contributed by atoms with Crippen molar-refractivity contribution in [1.29, 1.82) is 0 Å². The van der Waals surface area contributed by atoms with Gasteiger partial charge in [-0.15, -0.1) is 0 Å². The third-order valence-electron chi connectivity index (χ3n) is 2.97. The lowest BCUT2D eigenvalue weighted by Crippen LogP contribution is -2.40. The first-order chi connectivity index (χ1) is 9.96. The van der Waals surface area contributed by atoms with Crippen molar-refractivity contribution in [1.82, 2.24) is 10.6 Å². The third-order valence-corrected chi connectivity index (χ3v) is 3.66. The molecule has 0 radical (unpaired) electrons. The molecule has 0 saturated heterocycles. The number of hydrogen-bond acceptors (Lipinski definition) is 5. The number of nitrogens with one attached hydrogen (secondary N) is 2. The Kier molecular flexibility index (Phi) is 4.72. The van der Waals surface area contributed by atoms with Crippen molar-refractivity contribution in [3.63, 3.8) is 0 Å². The van der Waals surface area contributed by atoms with Crippen molar-refractivity contribution in [2.24, 2.45) is 4.99 Å². The number of carbonyl (C=O) groups is 1. The van der Waals surface area contributed by atoms with Crippen LogP contribution in [0.15, 0.2) is 21.6 Å². The monoisotopic (exact) mass is 355 g/mol. The van der Waals surface area contributed by atoms with Crippen molar-refractivity contribution < 1.29 is 14.3 Å². The van der Waals surface area contributed by atoms with Crippen LogP contribution in [-0.4, -0.2) is 32.1 Å². The molecule has 21 heavy (non-hydrogen) atoms. The van der Waals surface area contributed by atoms with Crippen LogP contribution in [-0.2, 0) is 4.79 Å². The van der Waals surface area contributed by atoms with Crippen LogP contribution in [0.3, 0.4) is 0 Å². The number of ether oxygens (including phenoxy) is 2. The highest BCUT2D eigenvalue weighted by atomic mass is 79.9. The Labute approximate surface area is 132 Å². The number of rotatable bonds is 4. The zero-order valence-corrected chi connectivity index (χ0v) is 13.9. The van der Waals surface area contributed by atoms with Gasteiger partial charge in [-0.3, -0.25) is 10.1 Å². The van der Waals surface area contributed by atoms with Gasteiger partial charge in [0.05, 0.1) is 14.2 Å². The van der Waals surface area contributed by atoms with E-state index in [1.54, 1.807) is 26.4 Å². The molecular formula is C14H18BrN3O3. The fourth-order valence-electron chi connectivity index (χ4n) is 2.04. The maximum atomic E-state index is 12.1. The lowest BCUT2D eigenvalue weighted by Gasteiger charge is -2.13. The molecule has 1 aliphatic rings. The maximum absolute atomic E-state index is 12.1. The molecule has 6 nitrogen and oxygen atoms in total. The molecule has 1 heterocycles. The summed E-state index contributed by atoms with van der Waals surface area (Å²) in [5.74, 6) is 1.47. The van der Waals surface area contributed by atoms with E-state index in [4.69, 9.17) is 9.47 Å². The highest BCUT2D eigenvalue weighted by molar-refractivity contribution is 9.10. The average Bonchev–Trinajstić information content (AvgIpc) is 2.78. The highest BCUT2D eigenvalue weighted by Crippen LogP contribution is 2.37. The summed E-state index contributed by atoms with van der Waals surface area (Å²) in [6.45, 7) is 3.96. The predicted molar refractivity (Wildman–Crippen MR) is 83.8 cm³/mol. The van der Waals surface area contributed by atoms with Crippen LogP contribution >= 0.6 is 15.9 Å². The fourth-order valence-corrected chi connectivity index (χ4v) is 2.58. The summed E-state index contributed by atoms with van der Waals surface area (Å²) < 4.78 is 11.3. The van der Waals surface area contributed by atoms with E-state index >= 15 is 0 Å². The maximum Gasteiger partial charge on any atom is 0.256 e. The van der Waals surface area contributed by atoms with Gasteiger partial charge >= 0.3 is 0 Å². The van der Waals surface area contributed by atoms with Crippen LogP contribution in [0.1, 0.15) is 25.5 Å². The molecule has 0 aliphatic carbocycles. The number of carbonyl (C=O) groups excluding carboxylic acids is 1.